The molecular formula is C10H16O. The van der Waals surface area contributed by atoms with Gasteiger partial charge in [0.2, 0.25) is 0 Å². The summed E-state index contributed by atoms with van der Waals surface area (Å²) in [4.78, 5) is 10.3. The molecule has 0 amide bonds. The topological polar surface area (TPSA) is 17.1 Å². The van der Waals surface area contributed by atoms with Gasteiger partial charge in [0, 0.05) is 6.42 Å². The van der Waals surface area contributed by atoms with Crippen LogP contribution in [0.5, 0.6) is 0 Å². The van der Waals surface area contributed by atoms with E-state index in [9.17, 15) is 4.79 Å². The molecule has 1 rings (SSSR count). The van der Waals surface area contributed by atoms with Crippen molar-refractivity contribution in [2.75, 3.05) is 0 Å². The van der Waals surface area contributed by atoms with Crippen LogP contribution in [-0.4, -0.2) is 6.29 Å². The number of hydrogen-bond acceptors (Lipinski definition) is 1. The predicted molar refractivity (Wildman–Crippen MR) is 46.4 cm³/mol. The summed E-state index contributed by atoms with van der Waals surface area (Å²) in [6.07, 6.45) is 5.29. The fourth-order valence-electron chi connectivity index (χ4n) is 1.78. The Hall–Kier alpha value is -0.590. The molecule has 0 N–H and O–H groups in total. The second-order valence-corrected chi connectivity index (χ2v) is 3.60. The van der Waals surface area contributed by atoms with Crippen molar-refractivity contribution in [3.63, 3.8) is 0 Å². The van der Waals surface area contributed by atoms with Crippen LogP contribution in [0.2, 0.25) is 0 Å². The van der Waals surface area contributed by atoms with Gasteiger partial charge in [-0.25, -0.2) is 0 Å². The van der Waals surface area contributed by atoms with Crippen molar-refractivity contribution in [3.8, 4) is 0 Å². The molecule has 0 radical (unpaired) electrons. The maximum Gasteiger partial charge on any atom is 0.124 e. The maximum absolute atomic E-state index is 10.3. The molecule has 1 heteroatoms. The fraction of sp³-hybridized carbons (Fsp3) is 0.700. The van der Waals surface area contributed by atoms with E-state index in [1.54, 1.807) is 0 Å². The quantitative estimate of drug-likeness (QED) is 0.439. The van der Waals surface area contributed by atoms with Crippen LogP contribution in [0.3, 0.4) is 0 Å². The van der Waals surface area contributed by atoms with E-state index >= 15 is 0 Å². The summed E-state index contributed by atoms with van der Waals surface area (Å²) < 4.78 is 0. The Kier molecular flexibility index (Phi) is 2.86. The average Bonchev–Trinajstić information content (AvgIpc) is 1.95. The second-order valence-electron chi connectivity index (χ2n) is 3.60. The van der Waals surface area contributed by atoms with Crippen LogP contribution in [0.25, 0.3) is 0 Å². The Bertz CT molecular complexity index is 179. The third kappa shape index (κ3) is 2.18. The van der Waals surface area contributed by atoms with Crippen LogP contribution < -0.4 is 0 Å². The number of aldehydes is 1. The van der Waals surface area contributed by atoms with Crippen molar-refractivity contribution in [2.45, 2.75) is 39.5 Å². The minimum absolute atomic E-state index is 0.665. The van der Waals surface area contributed by atoms with Gasteiger partial charge in [-0.1, -0.05) is 18.1 Å². The highest BCUT2D eigenvalue weighted by Gasteiger charge is 2.13. The number of carbonyl (C=O) groups excluding carboxylic acids is 1. The van der Waals surface area contributed by atoms with Gasteiger partial charge in [0.15, 0.2) is 0 Å². The Balaban J connectivity index is 2.61. The molecule has 0 aromatic rings. The summed E-state index contributed by atoms with van der Waals surface area (Å²) in [5.74, 6) is 0.824. The maximum atomic E-state index is 10.3. The smallest absolute Gasteiger partial charge is 0.124 e. The van der Waals surface area contributed by atoms with Crippen LogP contribution >= 0.6 is 0 Å². The van der Waals surface area contributed by atoms with Gasteiger partial charge in [0.1, 0.15) is 6.29 Å². The highest BCUT2D eigenvalue weighted by Crippen LogP contribution is 2.29. The third-order valence-electron chi connectivity index (χ3n) is 2.53. The summed E-state index contributed by atoms with van der Waals surface area (Å²) in [6, 6.07) is 0. The molecule has 0 aromatic heterocycles. The van der Waals surface area contributed by atoms with E-state index in [1.807, 2.05) is 0 Å². The summed E-state index contributed by atoms with van der Waals surface area (Å²) in [7, 11) is 0. The summed E-state index contributed by atoms with van der Waals surface area (Å²) in [6.45, 7) is 4.44. The number of hydrogen-bond donors (Lipinski definition) is 0. The minimum atomic E-state index is 0.665. The Morgan fingerprint density at radius 3 is 2.91 bits per heavy atom. The lowest BCUT2D eigenvalue weighted by Crippen LogP contribution is -2.06. The first kappa shape index (κ1) is 8.51. The second kappa shape index (κ2) is 3.70. The van der Waals surface area contributed by atoms with Gasteiger partial charge < -0.3 is 4.79 Å². The SMILES string of the molecule is CC1=C(CC=O)CCC(C)C1. The number of allylic oxidation sites excluding steroid dienone is 2. The Labute approximate surface area is 68.5 Å². The van der Waals surface area contributed by atoms with E-state index < -0.39 is 0 Å². The van der Waals surface area contributed by atoms with Crippen LogP contribution in [-0.2, 0) is 4.79 Å². The zero-order valence-corrected chi connectivity index (χ0v) is 7.39. The first-order chi connectivity index (χ1) is 5.24. The molecule has 11 heavy (non-hydrogen) atoms. The molecule has 0 saturated heterocycles. The lowest BCUT2D eigenvalue weighted by molar-refractivity contribution is -0.107. The number of rotatable bonds is 2. The molecule has 62 valence electrons. The van der Waals surface area contributed by atoms with E-state index in [4.69, 9.17) is 0 Å². The van der Waals surface area contributed by atoms with Gasteiger partial charge in [-0.2, -0.15) is 0 Å². The molecule has 0 aromatic carbocycles. The molecule has 1 nitrogen and oxygen atoms in total. The van der Waals surface area contributed by atoms with Crippen molar-refractivity contribution < 1.29 is 4.79 Å². The molecule has 0 aliphatic heterocycles. The summed E-state index contributed by atoms with van der Waals surface area (Å²) in [5, 5.41) is 0. The van der Waals surface area contributed by atoms with Gasteiger partial charge in [0.05, 0.1) is 0 Å². The molecule has 0 heterocycles. The molecule has 0 bridgehead atoms. The molecule has 0 saturated carbocycles. The minimum Gasteiger partial charge on any atom is -0.303 e. The molecule has 1 aliphatic carbocycles. The highest BCUT2D eigenvalue weighted by atomic mass is 16.1. The lowest BCUT2D eigenvalue weighted by atomic mass is 9.85. The van der Waals surface area contributed by atoms with Crippen molar-refractivity contribution in [2.24, 2.45) is 5.92 Å². The van der Waals surface area contributed by atoms with E-state index in [2.05, 4.69) is 13.8 Å². The van der Waals surface area contributed by atoms with E-state index in [0.717, 1.165) is 18.6 Å². The fourth-order valence-corrected chi connectivity index (χ4v) is 1.78. The number of carbonyl (C=O) groups is 1. The van der Waals surface area contributed by atoms with Crippen LogP contribution in [0.15, 0.2) is 11.1 Å². The Morgan fingerprint density at radius 1 is 1.64 bits per heavy atom. The zero-order chi connectivity index (χ0) is 8.27. The van der Waals surface area contributed by atoms with Gasteiger partial charge in [-0.3, -0.25) is 0 Å². The normalized spacial score (nSPS) is 25.5. The summed E-state index contributed by atoms with van der Waals surface area (Å²) >= 11 is 0. The predicted octanol–water partition coefficient (Wildman–Crippen LogP) is 2.71. The van der Waals surface area contributed by atoms with Crippen LogP contribution in [0, 0.1) is 5.92 Å². The molecule has 1 aliphatic rings. The van der Waals surface area contributed by atoms with Gasteiger partial charge in [-0.05, 0) is 32.1 Å². The largest absolute Gasteiger partial charge is 0.303 e. The summed E-state index contributed by atoms with van der Waals surface area (Å²) in [5.41, 5.74) is 2.84. The van der Waals surface area contributed by atoms with Crippen molar-refractivity contribution in [1.29, 1.82) is 0 Å². The average molecular weight is 152 g/mol. The molecule has 0 fully saturated rings. The molecule has 1 atom stereocenters. The molecular weight excluding hydrogens is 136 g/mol. The zero-order valence-electron chi connectivity index (χ0n) is 7.39. The van der Waals surface area contributed by atoms with Crippen LogP contribution in [0.4, 0.5) is 0 Å². The highest BCUT2D eigenvalue weighted by molar-refractivity contribution is 5.55. The third-order valence-corrected chi connectivity index (χ3v) is 2.53. The lowest BCUT2D eigenvalue weighted by Gasteiger charge is -2.21. The first-order valence-electron chi connectivity index (χ1n) is 4.35. The van der Waals surface area contributed by atoms with E-state index in [1.165, 1.54) is 24.0 Å². The van der Waals surface area contributed by atoms with Gasteiger partial charge in [0.25, 0.3) is 0 Å². The first-order valence-corrected chi connectivity index (χ1v) is 4.35. The van der Waals surface area contributed by atoms with Gasteiger partial charge >= 0.3 is 0 Å². The van der Waals surface area contributed by atoms with Crippen molar-refractivity contribution in [1.82, 2.24) is 0 Å². The Morgan fingerprint density at radius 2 is 2.36 bits per heavy atom. The monoisotopic (exact) mass is 152 g/mol. The van der Waals surface area contributed by atoms with E-state index in [-0.39, 0.29) is 0 Å². The molecule has 1 unspecified atom stereocenters. The van der Waals surface area contributed by atoms with Crippen molar-refractivity contribution in [3.05, 3.63) is 11.1 Å². The van der Waals surface area contributed by atoms with Gasteiger partial charge in [-0.15, -0.1) is 0 Å². The standard InChI is InChI=1S/C10H16O/c1-8-3-4-10(5-6-11)9(2)7-8/h6,8H,3-5,7H2,1-2H3. The van der Waals surface area contributed by atoms with Crippen molar-refractivity contribution >= 4 is 6.29 Å². The van der Waals surface area contributed by atoms with Crippen LogP contribution in [0.1, 0.15) is 39.5 Å². The molecule has 0 spiro atoms. The van der Waals surface area contributed by atoms with E-state index in [0.29, 0.717) is 6.42 Å².